The molecule has 10 heteroatoms. The highest BCUT2D eigenvalue weighted by Crippen LogP contribution is 2.45. The number of nitrogens with zero attached hydrogens (tertiary/aromatic N) is 1. The molecular formula is C26H31F2N3O5. The molecule has 1 aliphatic rings. The third kappa shape index (κ3) is 6.24. The van der Waals surface area contributed by atoms with E-state index in [4.69, 9.17) is 0 Å². The van der Waals surface area contributed by atoms with E-state index in [9.17, 15) is 33.5 Å². The van der Waals surface area contributed by atoms with Gasteiger partial charge in [-0.1, -0.05) is 30.3 Å². The molecule has 2 aromatic carbocycles. The molecule has 0 radical (unpaired) electrons. The minimum Gasteiger partial charge on any atom is -0.396 e. The van der Waals surface area contributed by atoms with Crippen molar-refractivity contribution in [3.05, 3.63) is 71.3 Å². The first-order valence-corrected chi connectivity index (χ1v) is 11.9. The van der Waals surface area contributed by atoms with Crippen LogP contribution in [0, 0.1) is 23.0 Å². The van der Waals surface area contributed by atoms with Gasteiger partial charge in [0, 0.05) is 31.8 Å². The lowest BCUT2D eigenvalue weighted by atomic mass is 9.69. The van der Waals surface area contributed by atoms with Gasteiger partial charge in [-0.25, -0.2) is 14.3 Å². The zero-order chi connectivity index (χ0) is 26.1. The first-order valence-electron chi connectivity index (χ1n) is 11.9. The summed E-state index contributed by atoms with van der Waals surface area (Å²) in [4.78, 5) is 40.4. The van der Waals surface area contributed by atoms with Crippen molar-refractivity contribution >= 4 is 17.7 Å². The number of benzene rings is 2. The monoisotopic (exact) mass is 503 g/mol. The van der Waals surface area contributed by atoms with Gasteiger partial charge in [-0.2, -0.15) is 0 Å². The van der Waals surface area contributed by atoms with E-state index in [0.29, 0.717) is 25.9 Å². The Morgan fingerprint density at radius 3 is 2.53 bits per heavy atom. The standard InChI is InChI=1S/C26H31F2N3O5/c27-21-8-7-19(17-22(21)28)23(33)29-13-9-20(24(34)30-36)26(11-4-16-32)12-15-31(25(26)35)14-10-18-5-2-1-3-6-18/h1-3,5-8,17,20,32,36H,4,9-16H2,(H,29,33)(H,30,34). The molecular weight excluding hydrogens is 472 g/mol. The van der Waals surface area contributed by atoms with Gasteiger partial charge in [0.05, 0.1) is 11.3 Å². The summed E-state index contributed by atoms with van der Waals surface area (Å²) in [5.74, 6) is -4.86. The highest BCUT2D eigenvalue weighted by atomic mass is 19.2. The van der Waals surface area contributed by atoms with Crippen molar-refractivity contribution in [2.24, 2.45) is 11.3 Å². The molecule has 0 bridgehead atoms. The van der Waals surface area contributed by atoms with Gasteiger partial charge in [-0.15, -0.1) is 0 Å². The van der Waals surface area contributed by atoms with Gasteiger partial charge in [0.25, 0.3) is 5.91 Å². The number of nitrogens with one attached hydrogen (secondary N) is 2. The van der Waals surface area contributed by atoms with E-state index < -0.39 is 34.8 Å². The zero-order valence-electron chi connectivity index (χ0n) is 19.9. The van der Waals surface area contributed by atoms with Gasteiger partial charge < -0.3 is 15.3 Å². The van der Waals surface area contributed by atoms with Crippen molar-refractivity contribution in [1.29, 1.82) is 0 Å². The van der Waals surface area contributed by atoms with Crippen molar-refractivity contribution in [2.45, 2.75) is 32.1 Å². The average molecular weight is 504 g/mol. The Balaban J connectivity index is 1.72. The predicted octanol–water partition coefficient (Wildman–Crippen LogP) is 2.44. The maximum atomic E-state index is 13.6. The highest BCUT2D eigenvalue weighted by molar-refractivity contribution is 5.94. The molecule has 36 heavy (non-hydrogen) atoms. The lowest BCUT2D eigenvalue weighted by Gasteiger charge is -2.35. The summed E-state index contributed by atoms with van der Waals surface area (Å²) >= 11 is 0. The summed E-state index contributed by atoms with van der Waals surface area (Å²) in [6.45, 7) is 0.672. The first kappa shape index (κ1) is 27.2. The Labute approximate surface area is 208 Å². The van der Waals surface area contributed by atoms with Crippen LogP contribution in [0.1, 0.15) is 41.6 Å². The van der Waals surface area contributed by atoms with Crippen molar-refractivity contribution in [1.82, 2.24) is 15.7 Å². The molecule has 0 aliphatic carbocycles. The van der Waals surface area contributed by atoms with Crippen LogP contribution in [0.25, 0.3) is 0 Å². The second-order valence-electron chi connectivity index (χ2n) is 8.96. The molecule has 2 atom stereocenters. The molecule has 0 spiro atoms. The zero-order valence-corrected chi connectivity index (χ0v) is 19.9. The highest BCUT2D eigenvalue weighted by Gasteiger charge is 2.53. The molecule has 0 aromatic heterocycles. The van der Waals surface area contributed by atoms with Gasteiger partial charge in [-0.3, -0.25) is 19.6 Å². The SMILES string of the molecule is O=C(NCCC(C(=O)NO)C1(CCCO)CCN(CCc2ccccc2)C1=O)c1ccc(F)c(F)c1. The Morgan fingerprint density at radius 2 is 1.86 bits per heavy atom. The maximum Gasteiger partial charge on any atom is 0.251 e. The number of hydrogen-bond donors (Lipinski definition) is 4. The van der Waals surface area contributed by atoms with Crippen molar-refractivity contribution < 1.29 is 33.5 Å². The summed E-state index contributed by atoms with van der Waals surface area (Å²) < 4.78 is 26.6. The fraction of sp³-hybridized carbons (Fsp3) is 0.423. The van der Waals surface area contributed by atoms with E-state index in [1.54, 1.807) is 10.4 Å². The van der Waals surface area contributed by atoms with E-state index in [0.717, 1.165) is 23.8 Å². The van der Waals surface area contributed by atoms with Crippen LogP contribution < -0.4 is 10.8 Å². The van der Waals surface area contributed by atoms with Crippen LogP contribution in [0.2, 0.25) is 0 Å². The van der Waals surface area contributed by atoms with Crippen molar-refractivity contribution in [3.8, 4) is 0 Å². The number of carbonyl (C=O) groups is 3. The minimum atomic E-state index is -1.16. The number of halogens is 2. The molecule has 1 saturated heterocycles. The number of amides is 3. The summed E-state index contributed by atoms with van der Waals surface area (Å²) in [5.41, 5.74) is 1.47. The molecule has 1 heterocycles. The van der Waals surface area contributed by atoms with Crippen LogP contribution in [0.4, 0.5) is 8.78 Å². The summed E-state index contributed by atoms with van der Waals surface area (Å²) in [5, 5.41) is 21.4. The molecule has 2 unspecified atom stereocenters. The number of likely N-dealkylation sites (tertiary alicyclic amines) is 1. The molecule has 8 nitrogen and oxygen atoms in total. The van der Waals surface area contributed by atoms with Crippen molar-refractivity contribution in [3.63, 3.8) is 0 Å². The lowest BCUT2D eigenvalue weighted by Crippen LogP contribution is -2.48. The number of rotatable bonds is 12. The summed E-state index contributed by atoms with van der Waals surface area (Å²) in [6.07, 6.45) is 1.54. The van der Waals surface area contributed by atoms with Crippen molar-refractivity contribution in [2.75, 3.05) is 26.2 Å². The normalized spacial score (nSPS) is 18.2. The van der Waals surface area contributed by atoms with E-state index in [-0.39, 0.29) is 43.9 Å². The summed E-state index contributed by atoms with van der Waals surface area (Å²) in [6, 6.07) is 12.4. The fourth-order valence-corrected chi connectivity index (χ4v) is 4.91. The second kappa shape index (κ2) is 12.5. The third-order valence-electron chi connectivity index (χ3n) is 6.83. The smallest absolute Gasteiger partial charge is 0.251 e. The molecule has 2 aromatic rings. The Hall–Kier alpha value is -3.37. The lowest BCUT2D eigenvalue weighted by molar-refractivity contribution is -0.149. The molecule has 3 rings (SSSR count). The van der Waals surface area contributed by atoms with Gasteiger partial charge in [-0.05, 0) is 55.9 Å². The van der Waals surface area contributed by atoms with Crippen LogP contribution >= 0.6 is 0 Å². The molecule has 3 amide bonds. The number of aliphatic hydroxyl groups excluding tert-OH is 1. The first-order chi connectivity index (χ1) is 17.3. The molecule has 4 N–H and O–H groups in total. The molecule has 0 saturated carbocycles. The largest absolute Gasteiger partial charge is 0.396 e. The number of aliphatic hydroxyl groups is 1. The Morgan fingerprint density at radius 1 is 1.11 bits per heavy atom. The number of hydroxylamine groups is 1. The van der Waals surface area contributed by atoms with Crippen LogP contribution in [0.15, 0.2) is 48.5 Å². The van der Waals surface area contributed by atoms with Crippen LogP contribution in [0.5, 0.6) is 0 Å². The van der Waals surface area contributed by atoms with Gasteiger partial charge >= 0.3 is 0 Å². The molecule has 194 valence electrons. The number of hydrogen-bond acceptors (Lipinski definition) is 5. The van der Waals surface area contributed by atoms with Crippen LogP contribution in [-0.4, -0.2) is 59.2 Å². The number of carbonyl (C=O) groups excluding carboxylic acids is 3. The fourth-order valence-electron chi connectivity index (χ4n) is 4.91. The van der Waals surface area contributed by atoms with E-state index in [1.165, 1.54) is 0 Å². The average Bonchev–Trinajstić information content (AvgIpc) is 3.21. The second-order valence-corrected chi connectivity index (χ2v) is 8.96. The summed E-state index contributed by atoms with van der Waals surface area (Å²) in [7, 11) is 0. The van der Waals surface area contributed by atoms with Gasteiger partial charge in [0.1, 0.15) is 0 Å². The van der Waals surface area contributed by atoms with Crippen LogP contribution in [-0.2, 0) is 16.0 Å². The van der Waals surface area contributed by atoms with Gasteiger partial charge in [0.2, 0.25) is 11.8 Å². The Kier molecular flexibility index (Phi) is 9.49. The van der Waals surface area contributed by atoms with E-state index in [1.807, 2.05) is 30.3 Å². The third-order valence-corrected chi connectivity index (χ3v) is 6.83. The Bertz CT molecular complexity index is 1070. The molecule has 1 fully saturated rings. The topological polar surface area (TPSA) is 119 Å². The van der Waals surface area contributed by atoms with E-state index >= 15 is 0 Å². The molecule has 1 aliphatic heterocycles. The quantitative estimate of drug-likeness (QED) is 0.262. The predicted molar refractivity (Wildman–Crippen MR) is 127 cm³/mol. The van der Waals surface area contributed by atoms with Gasteiger partial charge in [0.15, 0.2) is 11.6 Å². The van der Waals surface area contributed by atoms with E-state index in [2.05, 4.69) is 5.32 Å². The van der Waals surface area contributed by atoms with Crippen LogP contribution in [0.3, 0.4) is 0 Å². The minimum absolute atomic E-state index is 0.0193. The maximum absolute atomic E-state index is 13.6.